The summed E-state index contributed by atoms with van der Waals surface area (Å²) in [5, 5.41) is 9.64. The first-order valence-corrected chi connectivity index (χ1v) is 5.60. The molecule has 2 nitrogen and oxygen atoms in total. The van der Waals surface area contributed by atoms with Crippen LogP contribution in [0.3, 0.4) is 0 Å². The molecule has 0 aliphatic heterocycles. The fraction of sp³-hybridized carbons (Fsp3) is 0.429. The molecule has 2 heteroatoms. The van der Waals surface area contributed by atoms with Gasteiger partial charge in [-0.3, -0.25) is 4.90 Å². The molecule has 88 valence electrons. The number of nitrogens with zero attached hydrogens (tertiary/aromatic N) is 1. The molecule has 1 aromatic carbocycles. The molecule has 0 heterocycles. The quantitative estimate of drug-likeness (QED) is 0.822. The molecule has 0 spiro atoms. The van der Waals surface area contributed by atoms with Crippen LogP contribution < -0.4 is 0 Å². The first kappa shape index (κ1) is 12.9. The molecule has 0 bridgehead atoms. The minimum Gasteiger partial charge on any atom is -0.389 e. The number of benzene rings is 1. The Balaban J connectivity index is 2.37. The van der Waals surface area contributed by atoms with Crippen LogP contribution in [0.4, 0.5) is 0 Å². The van der Waals surface area contributed by atoms with E-state index < -0.39 is 5.60 Å². The number of hydrogen-bond acceptors (Lipinski definition) is 2. The predicted molar refractivity (Wildman–Crippen MR) is 69.3 cm³/mol. The third-order valence-corrected chi connectivity index (χ3v) is 2.18. The minimum absolute atomic E-state index is 0.630. The largest absolute Gasteiger partial charge is 0.389 e. The Labute approximate surface area is 98.2 Å². The van der Waals surface area contributed by atoms with Gasteiger partial charge in [0.2, 0.25) is 0 Å². The van der Waals surface area contributed by atoms with Crippen molar-refractivity contribution in [3.63, 3.8) is 0 Å². The van der Waals surface area contributed by atoms with Crippen LogP contribution in [0.2, 0.25) is 0 Å². The standard InChI is InChI=1S/C14H21NO/c1-14(2,16)12-15(3)11-7-10-13-8-5-4-6-9-13/h4-10,16H,11-12H2,1-3H3/b10-7+. The van der Waals surface area contributed by atoms with Crippen LogP contribution in [0.5, 0.6) is 0 Å². The summed E-state index contributed by atoms with van der Waals surface area (Å²) in [7, 11) is 2.01. The summed E-state index contributed by atoms with van der Waals surface area (Å²) in [5.74, 6) is 0. The Morgan fingerprint density at radius 3 is 2.44 bits per heavy atom. The van der Waals surface area contributed by atoms with Crippen LogP contribution in [0.1, 0.15) is 19.4 Å². The lowest BCUT2D eigenvalue weighted by Gasteiger charge is -2.24. The van der Waals surface area contributed by atoms with Crippen LogP contribution in [0.15, 0.2) is 36.4 Å². The predicted octanol–water partition coefficient (Wildman–Crippen LogP) is 2.40. The molecule has 0 radical (unpaired) electrons. The van der Waals surface area contributed by atoms with Gasteiger partial charge in [0.1, 0.15) is 0 Å². The minimum atomic E-state index is -0.630. The zero-order valence-electron chi connectivity index (χ0n) is 10.4. The summed E-state index contributed by atoms with van der Waals surface area (Å²) in [6.07, 6.45) is 4.21. The van der Waals surface area contributed by atoms with Crippen LogP contribution in [-0.2, 0) is 0 Å². The molecule has 0 unspecified atom stereocenters. The van der Waals surface area contributed by atoms with Crippen molar-refractivity contribution >= 4 is 6.08 Å². The van der Waals surface area contributed by atoms with Crippen molar-refractivity contribution in [3.05, 3.63) is 42.0 Å². The van der Waals surface area contributed by atoms with Crippen molar-refractivity contribution in [2.24, 2.45) is 0 Å². The lowest BCUT2D eigenvalue weighted by atomic mass is 10.1. The summed E-state index contributed by atoms with van der Waals surface area (Å²) in [6, 6.07) is 10.2. The fourth-order valence-corrected chi connectivity index (χ4v) is 1.66. The molecular formula is C14H21NO. The van der Waals surface area contributed by atoms with E-state index in [2.05, 4.69) is 29.2 Å². The zero-order valence-corrected chi connectivity index (χ0v) is 10.4. The summed E-state index contributed by atoms with van der Waals surface area (Å²) in [6.45, 7) is 5.17. The monoisotopic (exact) mass is 219 g/mol. The third-order valence-electron chi connectivity index (χ3n) is 2.18. The van der Waals surface area contributed by atoms with Crippen molar-refractivity contribution < 1.29 is 5.11 Å². The molecule has 0 aromatic heterocycles. The second kappa shape index (κ2) is 5.83. The molecule has 16 heavy (non-hydrogen) atoms. The van der Waals surface area contributed by atoms with Gasteiger partial charge in [-0.05, 0) is 26.5 Å². The van der Waals surface area contributed by atoms with Crippen LogP contribution in [0.25, 0.3) is 6.08 Å². The molecule has 0 saturated carbocycles. The number of rotatable bonds is 5. The lowest BCUT2D eigenvalue weighted by Crippen LogP contribution is -2.36. The van der Waals surface area contributed by atoms with Gasteiger partial charge in [-0.25, -0.2) is 0 Å². The highest BCUT2D eigenvalue weighted by Crippen LogP contribution is 2.04. The zero-order chi connectivity index (χ0) is 12.0. The molecule has 1 aromatic rings. The van der Waals surface area contributed by atoms with Gasteiger partial charge in [0, 0.05) is 13.1 Å². The van der Waals surface area contributed by atoms with E-state index in [1.165, 1.54) is 5.56 Å². The van der Waals surface area contributed by atoms with E-state index >= 15 is 0 Å². The second-order valence-corrected chi connectivity index (χ2v) is 4.82. The normalized spacial score (nSPS) is 12.6. The van der Waals surface area contributed by atoms with Gasteiger partial charge in [0.25, 0.3) is 0 Å². The van der Waals surface area contributed by atoms with E-state index in [1.54, 1.807) is 0 Å². The molecule has 0 aliphatic rings. The SMILES string of the molecule is CN(C/C=C/c1ccccc1)CC(C)(C)O. The average molecular weight is 219 g/mol. The first-order chi connectivity index (χ1) is 7.47. The lowest BCUT2D eigenvalue weighted by molar-refractivity contribution is 0.0480. The molecule has 1 N–H and O–H groups in total. The Morgan fingerprint density at radius 2 is 1.88 bits per heavy atom. The summed E-state index contributed by atoms with van der Waals surface area (Å²) < 4.78 is 0. The molecule has 0 saturated heterocycles. The Morgan fingerprint density at radius 1 is 1.25 bits per heavy atom. The van der Waals surface area contributed by atoms with E-state index in [9.17, 15) is 5.11 Å². The van der Waals surface area contributed by atoms with Gasteiger partial charge < -0.3 is 5.11 Å². The van der Waals surface area contributed by atoms with Crippen LogP contribution in [-0.4, -0.2) is 35.7 Å². The second-order valence-electron chi connectivity index (χ2n) is 4.82. The summed E-state index contributed by atoms with van der Waals surface area (Å²) in [5.41, 5.74) is 0.578. The maximum absolute atomic E-state index is 9.64. The number of likely N-dealkylation sites (N-methyl/N-ethyl adjacent to an activating group) is 1. The smallest absolute Gasteiger partial charge is 0.0718 e. The Hall–Kier alpha value is -1.12. The van der Waals surface area contributed by atoms with E-state index in [1.807, 2.05) is 39.1 Å². The van der Waals surface area contributed by atoms with Crippen molar-refractivity contribution in [2.75, 3.05) is 20.1 Å². The van der Waals surface area contributed by atoms with Crippen LogP contribution >= 0.6 is 0 Å². The highest BCUT2D eigenvalue weighted by molar-refractivity contribution is 5.48. The molecule has 0 fully saturated rings. The van der Waals surface area contributed by atoms with E-state index in [4.69, 9.17) is 0 Å². The van der Waals surface area contributed by atoms with E-state index in [0.29, 0.717) is 6.54 Å². The molecule has 0 atom stereocenters. The molecular weight excluding hydrogens is 198 g/mol. The maximum Gasteiger partial charge on any atom is 0.0718 e. The molecule has 1 rings (SSSR count). The number of hydrogen-bond donors (Lipinski definition) is 1. The fourth-order valence-electron chi connectivity index (χ4n) is 1.66. The Kier molecular flexibility index (Phi) is 4.71. The number of aliphatic hydroxyl groups is 1. The van der Waals surface area contributed by atoms with Gasteiger partial charge in [-0.15, -0.1) is 0 Å². The van der Waals surface area contributed by atoms with Crippen molar-refractivity contribution in [2.45, 2.75) is 19.4 Å². The van der Waals surface area contributed by atoms with Gasteiger partial charge in [-0.1, -0.05) is 42.5 Å². The highest BCUT2D eigenvalue weighted by atomic mass is 16.3. The van der Waals surface area contributed by atoms with Crippen molar-refractivity contribution in [3.8, 4) is 0 Å². The van der Waals surface area contributed by atoms with E-state index in [-0.39, 0.29) is 0 Å². The summed E-state index contributed by atoms with van der Waals surface area (Å²) >= 11 is 0. The third kappa shape index (κ3) is 5.69. The molecule has 0 aliphatic carbocycles. The Bertz CT molecular complexity index is 324. The van der Waals surface area contributed by atoms with Gasteiger partial charge in [0.05, 0.1) is 5.60 Å². The van der Waals surface area contributed by atoms with Crippen LogP contribution in [0, 0.1) is 0 Å². The topological polar surface area (TPSA) is 23.5 Å². The van der Waals surface area contributed by atoms with Gasteiger partial charge in [-0.2, -0.15) is 0 Å². The van der Waals surface area contributed by atoms with Gasteiger partial charge in [0.15, 0.2) is 0 Å². The highest BCUT2D eigenvalue weighted by Gasteiger charge is 2.14. The van der Waals surface area contributed by atoms with E-state index in [0.717, 1.165) is 6.54 Å². The van der Waals surface area contributed by atoms with Crippen molar-refractivity contribution in [1.29, 1.82) is 0 Å². The van der Waals surface area contributed by atoms with Gasteiger partial charge >= 0.3 is 0 Å². The summed E-state index contributed by atoms with van der Waals surface area (Å²) in [4.78, 5) is 2.10. The molecule has 0 amide bonds. The first-order valence-electron chi connectivity index (χ1n) is 5.60. The maximum atomic E-state index is 9.64. The van der Waals surface area contributed by atoms with Crippen molar-refractivity contribution in [1.82, 2.24) is 4.90 Å². The average Bonchev–Trinajstić information content (AvgIpc) is 2.16.